The monoisotopic (exact) mass is 249 g/mol. The molecule has 3 heteroatoms. The number of nitrogens with two attached hydrogens (primary N) is 1. The van der Waals surface area contributed by atoms with E-state index >= 15 is 0 Å². The molecule has 1 aromatic carbocycles. The number of hydrogen-bond acceptors (Lipinski definition) is 2. The Kier molecular flexibility index (Phi) is 2.68. The van der Waals surface area contributed by atoms with Gasteiger partial charge < -0.3 is 5.73 Å². The molecule has 1 aromatic heterocycles. The lowest BCUT2D eigenvalue weighted by atomic mass is 9.94. The molecule has 0 aliphatic heterocycles. The highest BCUT2D eigenvalue weighted by atomic mass is 32.1. The van der Waals surface area contributed by atoms with E-state index in [1.54, 1.807) is 11.3 Å². The average molecular weight is 249 g/mol. The Morgan fingerprint density at radius 1 is 1.41 bits per heavy atom. The number of rotatable bonds is 2. The minimum atomic E-state index is -1.08. The topological polar surface area (TPSA) is 26.0 Å². The molecule has 1 saturated carbocycles. The van der Waals surface area contributed by atoms with E-state index in [1.807, 2.05) is 12.1 Å². The van der Waals surface area contributed by atoms with Crippen molar-refractivity contribution in [3.05, 3.63) is 35.2 Å². The van der Waals surface area contributed by atoms with Crippen LogP contribution >= 0.6 is 11.3 Å². The summed E-state index contributed by atoms with van der Waals surface area (Å²) in [7, 11) is 0. The Bertz CT molecular complexity index is 536. The lowest BCUT2D eigenvalue weighted by Gasteiger charge is -2.18. The molecular weight excluding hydrogens is 233 g/mol. The number of halogens is 1. The van der Waals surface area contributed by atoms with Crippen LogP contribution in [-0.4, -0.2) is 11.7 Å². The summed E-state index contributed by atoms with van der Waals surface area (Å²) in [6, 6.07) is 8.27. The largest absolute Gasteiger partial charge is 0.328 e. The maximum Gasteiger partial charge on any atom is 0.116 e. The number of fused-ring (bicyclic) bond motifs is 1. The quantitative estimate of drug-likeness (QED) is 0.863. The Labute approximate surface area is 104 Å². The molecule has 1 aliphatic rings. The van der Waals surface area contributed by atoms with Gasteiger partial charge in [0.15, 0.2) is 0 Å². The van der Waals surface area contributed by atoms with Crippen LogP contribution in [0.25, 0.3) is 10.1 Å². The highest BCUT2D eigenvalue weighted by molar-refractivity contribution is 7.17. The van der Waals surface area contributed by atoms with Gasteiger partial charge in [0.1, 0.15) is 5.67 Å². The minimum absolute atomic E-state index is 0.0462. The van der Waals surface area contributed by atoms with Crippen LogP contribution in [0, 0.1) is 0 Å². The van der Waals surface area contributed by atoms with Gasteiger partial charge in [0.05, 0.1) is 0 Å². The summed E-state index contributed by atoms with van der Waals surface area (Å²) in [4.78, 5) is 0. The summed E-state index contributed by atoms with van der Waals surface area (Å²) in [5.74, 6) is 0. The van der Waals surface area contributed by atoms with Gasteiger partial charge in [0, 0.05) is 17.2 Å². The number of hydrogen-bond donors (Lipinski definition) is 1. The summed E-state index contributed by atoms with van der Waals surface area (Å²) in [6.07, 6.45) is 2.46. The van der Waals surface area contributed by atoms with Gasteiger partial charge in [-0.15, -0.1) is 11.3 Å². The van der Waals surface area contributed by atoms with Gasteiger partial charge in [-0.05, 0) is 41.7 Å². The molecule has 0 saturated heterocycles. The van der Waals surface area contributed by atoms with Crippen molar-refractivity contribution in [2.45, 2.75) is 37.4 Å². The van der Waals surface area contributed by atoms with Crippen molar-refractivity contribution in [3.8, 4) is 0 Å². The van der Waals surface area contributed by atoms with Crippen molar-refractivity contribution in [3.63, 3.8) is 0 Å². The molecule has 0 bridgehead atoms. The fourth-order valence-corrected chi connectivity index (χ4v) is 3.75. The van der Waals surface area contributed by atoms with Crippen LogP contribution in [0.2, 0.25) is 0 Å². The third-order valence-corrected chi connectivity index (χ3v) is 4.67. The van der Waals surface area contributed by atoms with Gasteiger partial charge in [0.2, 0.25) is 0 Å². The normalized spacial score (nSPS) is 28.9. The molecule has 17 heavy (non-hydrogen) atoms. The first-order chi connectivity index (χ1) is 8.16. The predicted octanol–water partition coefficient (Wildman–Crippen LogP) is 3.66. The van der Waals surface area contributed by atoms with E-state index < -0.39 is 5.67 Å². The van der Waals surface area contributed by atoms with Crippen molar-refractivity contribution in [1.29, 1.82) is 0 Å². The van der Waals surface area contributed by atoms with Crippen molar-refractivity contribution in [2.75, 3.05) is 0 Å². The fourth-order valence-electron chi connectivity index (χ4n) is 2.79. The summed E-state index contributed by atoms with van der Waals surface area (Å²) >= 11 is 1.70. The molecule has 1 heterocycles. The summed E-state index contributed by atoms with van der Waals surface area (Å²) in [5, 5.41) is 3.30. The number of benzene rings is 1. The van der Waals surface area contributed by atoms with E-state index in [4.69, 9.17) is 5.73 Å². The van der Waals surface area contributed by atoms with E-state index in [2.05, 4.69) is 17.5 Å². The molecule has 90 valence electrons. The van der Waals surface area contributed by atoms with E-state index in [0.717, 1.165) is 12.0 Å². The van der Waals surface area contributed by atoms with Gasteiger partial charge in [-0.2, -0.15) is 0 Å². The maximum absolute atomic E-state index is 14.6. The van der Waals surface area contributed by atoms with Gasteiger partial charge in [-0.25, -0.2) is 4.39 Å². The SMILES string of the molecule is NC1CCC(F)(Cc2csc3ccccc23)C1. The summed E-state index contributed by atoms with van der Waals surface area (Å²) in [6.45, 7) is 0. The van der Waals surface area contributed by atoms with Crippen molar-refractivity contribution >= 4 is 21.4 Å². The van der Waals surface area contributed by atoms with E-state index in [-0.39, 0.29) is 6.04 Å². The Morgan fingerprint density at radius 3 is 3.00 bits per heavy atom. The molecular formula is C14H16FNS. The Balaban J connectivity index is 1.90. The predicted molar refractivity (Wildman–Crippen MR) is 71.2 cm³/mol. The first kappa shape index (κ1) is 11.2. The highest BCUT2D eigenvalue weighted by Gasteiger charge is 2.38. The highest BCUT2D eigenvalue weighted by Crippen LogP contribution is 2.38. The van der Waals surface area contributed by atoms with E-state index in [1.165, 1.54) is 10.1 Å². The number of thiophene rings is 1. The molecule has 3 rings (SSSR count). The molecule has 0 spiro atoms. The van der Waals surface area contributed by atoms with Gasteiger partial charge in [0.25, 0.3) is 0 Å². The molecule has 0 radical (unpaired) electrons. The van der Waals surface area contributed by atoms with Gasteiger partial charge in [-0.3, -0.25) is 0 Å². The molecule has 1 fully saturated rings. The molecule has 2 aromatic rings. The Morgan fingerprint density at radius 2 is 2.24 bits per heavy atom. The lowest BCUT2D eigenvalue weighted by Crippen LogP contribution is -2.25. The van der Waals surface area contributed by atoms with E-state index in [0.29, 0.717) is 19.3 Å². The third kappa shape index (κ3) is 2.09. The molecule has 1 aliphatic carbocycles. The summed E-state index contributed by atoms with van der Waals surface area (Å²) in [5.41, 5.74) is 5.88. The lowest BCUT2D eigenvalue weighted by molar-refractivity contribution is 0.171. The second-order valence-corrected chi connectivity index (χ2v) is 6.00. The molecule has 2 unspecified atom stereocenters. The zero-order valence-electron chi connectivity index (χ0n) is 9.66. The zero-order valence-corrected chi connectivity index (χ0v) is 10.5. The third-order valence-electron chi connectivity index (χ3n) is 3.66. The first-order valence-electron chi connectivity index (χ1n) is 6.06. The van der Waals surface area contributed by atoms with Crippen LogP contribution in [0.1, 0.15) is 24.8 Å². The standard InChI is InChI=1S/C14H16FNS/c15-14(6-5-11(16)8-14)7-10-9-17-13-4-2-1-3-12(10)13/h1-4,9,11H,5-8,16H2. The van der Waals surface area contributed by atoms with Crippen LogP contribution in [0.5, 0.6) is 0 Å². The van der Waals surface area contributed by atoms with Crippen molar-refractivity contribution < 1.29 is 4.39 Å². The van der Waals surface area contributed by atoms with Crippen molar-refractivity contribution in [1.82, 2.24) is 0 Å². The second kappa shape index (κ2) is 4.07. The van der Waals surface area contributed by atoms with Gasteiger partial charge >= 0.3 is 0 Å². The fraction of sp³-hybridized carbons (Fsp3) is 0.429. The zero-order chi connectivity index (χ0) is 11.9. The first-order valence-corrected chi connectivity index (χ1v) is 6.94. The van der Waals surface area contributed by atoms with Crippen LogP contribution in [0.3, 0.4) is 0 Å². The van der Waals surface area contributed by atoms with Crippen LogP contribution in [0.15, 0.2) is 29.6 Å². The molecule has 1 nitrogen and oxygen atoms in total. The molecule has 2 atom stereocenters. The maximum atomic E-state index is 14.6. The van der Waals surface area contributed by atoms with Crippen LogP contribution in [0.4, 0.5) is 4.39 Å². The minimum Gasteiger partial charge on any atom is -0.328 e. The average Bonchev–Trinajstić information content (AvgIpc) is 2.85. The summed E-state index contributed by atoms with van der Waals surface area (Å²) < 4.78 is 15.8. The second-order valence-electron chi connectivity index (χ2n) is 5.09. The Hall–Kier alpha value is -0.930. The molecule has 0 amide bonds. The van der Waals surface area contributed by atoms with E-state index in [9.17, 15) is 4.39 Å². The van der Waals surface area contributed by atoms with Crippen LogP contribution < -0.4 is 5.73 Å². The van der Waals surface area contributed by atoms with Gasteiger partial charge in [-0.1, -0.05) is 18.2 Å². The smallest absolute Gasteiger partial charge is 0.116 e. The number of alkyl halides is 1. The molecule has 2 N–H and O–H groups in total. The van der Waals surface area contributed by atoms with Crippen LogP contribution in [-0.2, 0) is 6.42 Å². The van der Waals surface area contributed by atoms with Crippen molar-refractivity contribution in [2.24, 2.45) is 5.73 Å².